The Bertz CT molecular complexity index is 350. The maximum Gasteiger partial charge on any atom is 0.341 e. The first-order valence-corrected chi connectivity index (χ1v) is 10.5. The smallest absolute Gasteiger partial charge is 0.302 e. The van der Waals surface area contributed by atoms with Gasteiger partial charge in [-0.05, 0) is 30.2 Å². The average molecular weight is 304 g/mol. The fourth-order valence-corrected chi connectivity index (χ4v) is 2.85. The quantitative estimate of drug-likeness (QED) is 0.525. The molecule has 15 heavy (non-hydrogen) atoms. The highest BCUT2D eigenvalue weighted by Gasteiger charge is 2.24. The molecule has 0 aromatic heterocycles. The van der Waals surface area contributed by atoms with Crippen molar-refractivity contribution in [2.75, 3.05) is 0 Å². The van der Waals surface area contributed by atoms with Crippen LogP contribution in [0.4, 0.5) is 0 Å². The summed E-state index contributed by atoms with van der Waals surface area (Å²) in [6.45, 7) is 0. The highest BCUT2D eigenvalue weighted by molar-refractivity contribution is 7.79. The van der Waals surface area contributed by atoms with E-state index in [0.29, 0.717) is 17.4 Å². The molecule has 1 atom stereocenters. The monoisotopic (exact) mass is 302 g/mol. The largest absolute Gasteiger partial charge is 0.341 e. The molecule has 1 aromatic carbocycles. The molecule has 0 aliphatic carbocycles. The first-order valence-electron chi connectivity index (χ1n) is 4.15. The first-order chi connectivity index (χ1) is 6.88. The van der Waals surface area contributed by atoms with Crippen LogP contribution in [0.3, 0.4) is 0 Å². The fraction of sp³-hybridized carbons (Fsp3) is 0.250. The Morgan fingerprint density at radius 3 is 2.13 bits per heavy atom. The van der Waals surface area contributed by atoms with Crippen molar-refractivity contribution in [2.24, 2.45) is 0 Å². The van der Waals surface area contributed by atoms with Gasteiger partial charge in [0.05, 0.1) is 4.90 Å². The highest BCUT2D eigenvalue weighted by Crippen LogP contribution is 2.26. The maximum absolute atomic E-state index is 10.7. The summed E-state index contributed by atoms with van der Waals surface area (Å²) in [6.07, 6.45) is 0.682. The van der Waals surface area contributed by atoms with Crippen LogP contribution in [-0.2, 0) is 17.5 Å². The summed E-state index contributed by atoms with van der Waals surface area (Å²) in [5.74, 6) is 0. The van der Waals surface area contributed by atoms with Crippen LogP contribution in [0, 0.1) is 0 Å². The van der Waals surface area contributed by atoms with E-state index in [-0.39, 0.29) is 0 Å². The zero-order valence-electron chi connectivity index (χ0n) is 7.62. The van der Waals surface area contributed by atoms with E-state index in [1.54, 1.807) is 24.3 Å². The molecule has 0 bridgehead atoms. The number of rotatable bonds is 4. The second kappa shape index (κ2) is 5.66. The Kier molecular flexibility index (Phi) is 5.09. The zero-order chi connectivity index (χ0) is 11.5. The van der Waals surface area contributed by atoms with Gasteiger partial charge in [-0.3, -0.25) is 0 Å². The predicted molar refractivity (Wildman–Crippen MR) is 67.3 cm³/mol. The number of hydrogen-bond donors (Lipinski definition) is 1. The van der Waals surface area contributed by atoms with E-state index in [2.05, 4.69) is 0 Å². The third-order valence-electron chi connectivity index (χ3n) is 1.82. The van der Waals surface area contributed by atoms with Gasteiger partial charge < -0.3 is 4.55 Å². The van der Waals surface area contributed by atoms with Crippen LogP contribution < -0.4 is 0 Å². The Morgan fingerprint density at radius 2 is 1.73 bits per heavy atom. The molecule has 0 spiro atoms. The van der Waals surface area contributed by atoms with Crippen LogP contribution in [0.25, 0.3) is 0 Å². The Morgan fingerprint density at radius 1 is 1.20 bits per heavy atom. The number of benzene rings is 1. The van der Waals surface area contributed by atoms with Crippen molar-refractivity contribution in [3.05, 3.63) is 29.8 Å². The fourth-order valence-electron chi connectivity index (χ4n) is 1.06. The number of aryl methyl sites for hydroxylation is 1. The van der Waals surface area contributed by atoms with Crippen molar-refractivity contribution in [3.63, 3.8) is 0 Å². The van der Waals surface area contributed by atoms with E-state index in [4.69, 9.17) is 37.8 Å². The standard InChI is InChI=1S/C8H9Cl3O2SSi/c9-15(10,11)6-5-7-1-3-8(4-2-7)14(12)13/h1-4H,5-6H2,(H,12,13). The average Bonchev–Trinajstić information content (AvgIpc) is 2.14. The van der Waals surface area contributed by atoms with Crippen molar-refractivity contribution in [1.29, 1.82) is 0 Å². The minimum Gasteiger partial charge on any atom is -0.302 e. The van der Waals surface area contributed by atoms with Gasteiger partial charge >= 0.3 is 6.00 Å². The molecule has 7 heteroatoms. The lowest BCUT2D eigenvalue weighted by Gasteiger charge is -2.07. The molecule has 2 nitrogen and oxygen atoms in total. The second-order valence-corrected chi connectivity index (χ2v) is 13.3. The van der Waals surface area contributed by atoms with E-state index in [0.717, 1.165) is 5.56 Å². The lowest BCUT2D eigenvalue weighted by atomic mass is 10.2. The molecule has 0 amide bonds. The molecule has 0 radical (unpaired) electrons. The molecule has 84 valence electrons. The van der Waals surface area contributed by atoms with Gasteiger partial charge in [-0.2, -0.15) is 0 Å². The van der Waals surface area contributed by atoms with Crippen LogP contribution in [-0.4, -0.2) is 14.8 Å². The summed E-state index contributed by atoms with van der Waals surface area (Å²) in [7, 11) is 0. The van der Waals surface area contributed by atoms with Crippen molar-refractivity contribution in [1.82, 2.24) is 0 Å². The molecule has 0 saturated heterocycles. The number of hydrogen-bond acceptors (Lipinski definition) is 1. The van der Waals surface area contributed by atoms with Crippen LogP contribution >= 0.6 is 33.2 Å². The molecule has 0 aliphatic rings. The Hall–Kier alpha value is 0.417. The van der Waals surface area contributed by atoms with E-state index in [1.807, 2.05) is 0 Å². The van der Waals surface area contributed by atoms with Crippen LogP contribution in [0.2, 0.25) is 6.04 Å². The molecule has 1 unspecified atom stereocenters. The van der Waals surface area contributed by atoms with Gasteiger partial charge in [0.2, 0.25) is 0 Å². The van der Waals surface area contributed by atoms with E-state index < -0.39 is 17.1 Å². The van der Waals surface area contributed by atoms with Gasteiger partial charge in [0.15, 0.2) is 11.1 Å². The van der Waals surface area contributed by atoms with E-state index in [9.17, 15) is 4.21 Å². The molecular formula is C8H9Cl3O2SSi. The summed E-state index contributed by atoms with van der Waals surface area (Å²) >= 11 is 15.3. The zero-order valence-corrected chi connectivity index (χ0v) is 11.7. The Balaban J connectivity index is 2.61. The lowest BCUT2D eigenvalue weighted by Crippen LogP contribution is -2.09. The summed E-state index contributed by atoms with van der Waals surface area (Å²) in [5.41, 5.74) is 1.00. The molecule has 0 aliphatic heterocycles. The van der Waals surface area contributed by atoms with Crippen molar-refractivity contribution < 1.29 is 8.76 Å². The summed E-state index contributed by atoms with van der Waals surface area (Å²) in [6, 6.07) is 4.74. The van der Waals surface area contributed by atoms with Crippen molar-refractivity contribution in [3.8, 4) is 0 Å². The summed E-state index contributed by atoms with van der Waals surface area (Å²) < 4.78 is 19.5. The predicted octanol–water partition coefficient (Wildman–Crippen LogP) is 3.47. The van der Waals surface area contributed by atoms with Gasteiger partial charge in [0.1, 0.15) is 0 Å². The van der Waals surface area contributed by atoms with Gasteiger partial charge in [-0.15, -0.1) is 33.2 Å². The molecule has 0 saturated carbocycles. The number of halogens is 3. The normalized spacial score (nSPS) is 13.9. The van der Waals surface area contributed by atoms with E-state index in [1.165, 1.54) is 0 Å². The second-order valence-electron chi connectivity index (χ2n) is 3.01. The molecule has 1 N–H and O–H groups in total. The van der Waals surface area contributed by atoms with Crippen molar-refractivity contribution in [2.45, 2.75) is 17.4 Å². The molecule has 1 aromatic rings. The van der Waals surface area contributed by atoms with Crippen LogP contribution in [0.1, 0.15) is 5.56 Å². The topological polar surface area (TPSA) is 37.3 Å². The molecule has 0 fully saturated rings. The molecule has 1 rings (SSSR count). The molecule has 0 heterocycles. The van der Waals surface area contributed by atoms with Crippen LogP contribution in [0.15, 0.2) is 29.2 Å². The maximum atomic E-state index is 10.7. The summed E-state index contributed by atoms with van der Waals surface area (Å²) in [5, 5.41) is 0. The van der Waals surface area contributed by atoms with Gasteiger partial charge in [-0.1, -0.05) is 12.1 Å². The van der Waals surface area contributed by atoms with Gasteiger partial charge in [-0.25, -0.2) is 4.21 Å². The minimum atomic E-state index is -2.57. The third-order valence-corrected chi connectivity index (χ3v) is 5.02. The summed E-state index contributed by atoms with van der Waals surface area (Å²) in [4.78, 5) is 0.380. The minimum absolute atomic E-state index is 0.380. The first kappa shape index (κ1) is 13.5. The van der Waals surface area contributed by atoms with Gasteiger partial charge in [0, 0.05) is 0 Å². The highest BCUT2D eigenvalue weighted by atomic mass is 35.8. The van der Waals surface area contributed by atoms with Crippen molar-refractivity contribution >= 4 is 50.3 Å². The Labute approximate surface area is 106 Å². The van der Waals surface area contributed by atoms with Gasteiger partial charge in [0.25, 0.3) is 0 Å². The third kappa shape index (κ3) is 5.33. The SMILES string of the molecule is O=S(O)c1ccc(CC[Si](Cl)(Cl)Cl)cc1. The van der Waals surface area contributed by atoms with Crippen LogP contribution in [0.5, 0.6) is 0 Å². The lowest BCUT2D eigenvalue weighted by molar-refractivity contribution is 0.564. The van der Waals surface area contributed by atoms with E-state index >= 15 is 0 Å². The molecular weight excluding hydrogens is 295 g/mol.